The number of fused-ring (bicyclic) bond motifs is 1. The number of aromatic nitrogens is 2. The van der Waals surface area contributed by atoms with Crippen molar-refractivity contribution in [3.05, 3.63) is 59.9 Å². The Labute approximate surface area is 143 Å². The summed E-state index contributed by atoms with van der Waals surface area (Å²) < 4.78 is 5.32. The molecule has 0 spiro atoms. The molecule has 126 valence electrons. The van der Waals surface area contributed by atoms with Crippen molar-refractivity contribution in [1.29, 1.82) is 0 Å². The molecule has 0 saturated carbocycles. The molecule has 1 aromatic carbocycles. The van der Waals surface area contributed by atoms with Gasteiger partial charge in [0.05, 0.1) is 18.3 Å². The lowest BCUT2D eigenvalue weighted by Crippen LogP contribution is -2.40. The highest BCUT2D eigenvalue weighted by Crippen LogP contribution is 2.30. The molecule has 0 unspecified atom stereocenters. The van der Waals surface area contributed by atoms with Gasteiger partial charge in [0.15, 0.2) is 5.54 Å². The molecule has 1 saturated heterocycles. The first-order chi connectivity index (χ1) is 12.0. The summed E-state index contributed by atoms with van der Waals surface area (Å²) in [5.41, 5.74) is 0.374. The topological polar surface area (TPSA) is 88.3 Å². The first kappa shape index (κ1) is 15.3. The molecule has 2 aromatic heterocycles. The first-order valence-electron chi connectivity index (χ1n) is 7.89. The van der Waals surface area contributed by atoms with E-state index >= 15 is 0 Å². The van der Waals surface area contributed by atoms with Gasteiger partial charge >= 0.3 is 6.03 Å². The maximum Gasteiger partial charge on any atom is 0.325 e. The van der Waals surface area contributed by atoms with Gasteiger partial charge in [-0.25, -0.2) is 14.8 Å². The van der Waals surface area contributed by atoms with E-state index in [0.29, 0.717) is 11.6 Å². The molecule has 7 nitrogen and oxygen atoms in total. The van der Waals surface area contributed by atoms with Crippen molar-refractivity contribution >= 4 is 22.8 Å². The number of amides is 3. The molecule has 1 aliphatic heterocycles. The van der Waals surface area contributed by atoms with E-state index in [0.717, 1.165) is 21.5 Å². The minimum Gasteiger partial charge on any atom is -0.466 e. The van der Waals surface area contributed by atoms with Gasteiger partial charge in [0, 0.05) is 11.1 Å². The van der Waals surface area contributed by atoms with Gasteiger partial charge in [-0.2, -0.15) is 0 Å². The van der Waals surface area contributed by atoms with Crippen LogP contribution in [0.1, 0.15) is 24.2 Å². The van der Waals surface area contributed by atoms with Crippen LogP contribution in [0.25, 0.3) is 10.9 Å². The lowest BCUT2D eigenvalue weighted by Gasteiger charge is -2.18. The second kappa shape index (κ2) is 5.41. The lowest BCUT2D eigenvalue weighted by molar-refractivity contribution is -0.132. The van der Waals surface area contributed by atoms with E-state index in [1.165, 1.54) is 6.26 Å². The van der Waals surface area contributed by atoms with Crippen LogP contribution in [0.3, 0.4) is 0 Å². The molecular weight excluding hydrogens is 320 g/mol. The van der Waals surface area contributed by atoms with E-state index in [9.17, 15) is 9.59 Å². The van der Waals surface area contributed by atoms with Crippen molar-refractivity contribution in [2.45, 2.75) is 25.9 Å². The van der Waals surface area contributed by atoms with E-state index in [1.54, 1.807) is 19.1 Å². The van der Waals surface area contributed by atoms with Crippen LogP contribution in [0.15, 0.2) is 47.1 Å². The quantitative estimate of drug-likeness (QED) is 0.742. The van der Waals surface area contributed by atoms with Crippen LogP contribution in [-0.2, 0) is 16.9 Å². The van der Waals surface area contributed by atoms with Crippen molar-refractivity contribution in [3.63, 3.8) is 0 Å². The SMILES string of the molecule is Cc1nc(CN2C(=O)N[C@](C)(c3ccco3)C2=O)nc2ccccc12. The summed E-state index contributed by atoms with van der Waals surface area (Å²) in [5, 5.41) is 3.64. The smallest absolute Gasteiger partial charge is 0.325 e. The fourth-order valence-electron chi connectivity index (χ4n) is 3.08. The second-order valence-electron chi connectivity index (χ2n) is 6.17. The normalized spacial score (nSPS) is 20.3. The molecule has 0 bridgehead atoms. The molecule has 1 N–H and O–H groups in total. The molecule has 1 atom stereocenters. The Bertz CT molecular complexity index is 983. The summed E-state index contributed by atoms with van der Waals surface area (Å²) in [6, 6.07) is 10.5. The minimum absolute atomic E-state index is 0.00659. The predicted molar refractivity (Wildman–Crippen MR) is 89.4 cm³/mol. The Morgan fingerprint density at radius 3 is 2.72 bits per heavy atom. The number of furan rings is 1. The summed E-state index contributed by atoms with van der Waals surface area (Å²) in [5.74, 6) is 0.425. The lowest BCUT2D eigenvalue weighted by atomic mass is 9.99. The van der Waals surface area contributed by atoms with Crippen molar-refractivity contribution in [2.24, 2.45) is 0 Å². The number of nitrogens with zero attached hydrogens (tertiary/aromatic N) is 3. The van der Waals surface area contributed by atoms with Crippen molar-refractivity contribution in [1.82, 2.24) is 20.2 Å². The number of benzene rings is 1. The van der Waals surface area contributed by atoms with E-state index < -0.39 is 11.6 Å². The third kappa shape index (κ3) is 2.36. The molecule has 1 fully saturated rings. The monoisotopic (exact) mass is 336 g/mol. The minimum atomic E-state index is -1.22. The van der Waals surface area contributed by atoms with Crippen molar-refractivity contribution in [3.8, 4) is 0 Å². The van der Waals surface area contributed by atoms with Gasteiger partial charge in [0.1, 0.15) is 11.6 Å². The van der Waals surface area contributed by atoms with E-state index in [2.05, 4.69) is 15.3 Å². The van der Waals surface area contributed by atoms with Crippen LogP contribution >= 0.6 is 0 Å². The molecule has 4 rings (SSSR count). The van der Waals surface area contributed by atoms with Gasteiger partial charge in [-0.05, 0) is 32.0 Å². The summed E-state index contributed by atoms with van der Waals surface area (Å²) in [6.07, 6.45) is 1.47. The number of carbonyl (C=O) groups excluding carboxylic acids is 2. The standard InChI is InChI=1S/C18H16N4O3/c1-11-12-6-3-4-7-13(12)20-15(19-11)10-22-16(23)18(2,21-17(22)24)14-8-5-9-25-14/h3-9H,10H2,1-2H3,(H,21,24)/t18-/m1/s1. The summed E-state index contributed by atoms with van der Waals surface area (Å²) in [6.45, 7) is 3.51. The Morgan fingerprint density at radius 1 is 1.16 bits per heavy atom. The highest BCUT2D eigenvalue weighted by Gasteiger charge is 2.51. The van der Waals surface area contributed by atoms with Gasteiger partial charge in [-0.1, -0.05) is 18.2 Å². The van der Waals surface area contributed by atoms with Crippen LogP contribution in [0, 0.1) is 6.92 Å². The Hall–Kier alpha value is -3.22. The number of carbonyl (C=O) groups is 2. The number of nitrogens with one attached hydrogen (secondary N) is 1. The zero-order valence-corrected chi connectivity index (χ0v) is 13.8. The zero-order chi connectivity index (χ0) is 17.6. The number of para-hydroxylation sites is 1. The number of rotatable bonds is 3. The van der Waals surface area contributed by atoms with Gasteiger partial charge < -0.3 is 9.73 Å². The molecule has 1 aliphatic rings. The number of imide groups is 1. The summed E-state index contributed by atoms with van der Waals surface area (Å²) >= 11 is 0. The van der Waals surface area contributed by atoms with E-state index in [1.807, 2.05) is 31.2 Å². The zero-order valence-electron chi connectivity index (χ0n) is 13.8. The summed E-state index contributed by atoms with van der Waals surface area (Å²) in [4.78, 5) is 35.2. The fraction of sp³-hybridized carbons (Fsp3) is 0.222. The van der Waals surface area contributed by atoms with Gasteiger partial charge in [0.2, 0.25) is 0 Å². The first-order valence-corrected chi connectivity index (χ1v) is 7.89. The largest absolute Gasteiger partial charge is 0.466 e. The Morgan fingerprint density at radius 2 is 1.96 bits per heavy atom. The number of urea groups is 1. The molecule has 0 radical (unpaired) electrons. The van der Waals surface area contributed by atoms with Crippen LogP contribution in [0.5, 0.6) is 0 Å². The third-order valence-corrected chi connectivity index (χ3v) is 4.43. The second-order valence-corrected chi connectivity index (χ2v) is 6.17. The molecule has 3 amide bonds. The predicted octanol–water partition coefficient (Wildman–Crippen LogP) is 2.50. The highest BCUT2D eigenvalue weighted by molar-refractivity contribution is 6.06. The third-order valence-electron chi connectivity index (χ3n) is 4.43. The van der Waals surface area contributed by atoms with Gasteiger partial charge in [0.25, 0.3) is 5.91 Å². The van der Waals surface area contributed by atoms with Gasteiger partial charge in [-0.15, -0.1) is 0 Å². The van der Waals surface area contributed by atoms with Crippen molar-refractivity contribution < 1.29 is 14.0 Å². The number of hydrogen-bond donors (Lipinski definition) is 1. The van der Waals surface area contributed by atoms with Crippen LogP contribution in [0.4, 0.5) is 4.79 Å². The number of aryl methyl sites for hydroxylation is 1. The molecule has 25 heavy (non-hydrogen) atoms. The molecule has 3 heterocycles. The molecule has 7 heteroatoms. The van der Waals surface area contributed by atoms with Crippen LogP contribution in [-0.4, -0.2) is 26.8 Å². The van der Waals surface area contributed by atoms with Crippen LogP contribution in [0.2, 0.25) is 0 Å². The maximum absolute atomic E-state index is 12.8. The highest BCUT2D eigenvalue weighted by atomic mass is 16.3. The average molecular weight is 336 g/mol. The molecular formula is C18H16N4O3. The Kier molecular flexibility index (Phi) is 3.31. The number of hydrogen-bond acceptors (Lipinski definition) is 5. The maximum atomic E-state index is 12.8. The van der Waals surface area contributed by atoms with Crippen molar-refractivity contribution in [2.75, 3.05) is 0 Å². The Balaban J connectivity index is 1.67. The molecule has 3 aromatic rings. The fourth-order valence-corrected chi connectivity index (χ4v) is 3.08. The summed E-state index contributed by atoms with van der Waals surface area (Å²) in [7, 11) is 0. The van der Waals surface area contributed by atoms with E-state index in [4.69, 9.17) is 4.42 Å². The van der Waals surface area contributed by atoms with E-state index in [-0.39, 0.29) is 12.5 Å². The van der Waals surface area contributed by atoms with Crippen LogP contribution < -0.4 is 5.32 Å². The molecule has 0 aliphatic carbocycles. The average Bonchev–Trinajstić information content (AvgIpc) is 3.20. The van der Waals surface area contributed by atoms with Gasteiger partial charge in [-0.3, -0.25) is 9.69 Å².